The van der Waals surface area contributed by atoms with Gasteiger partial charge in [0.05, 0.1) is 12.6 Å². The van der Waals surface area contributed by atoms with Gasteiger partial charge < -0.3 is 14.7 Å². The van der Waals surface area contributed by atoms with E-state index >= 15 is 0 Å². The van der Waals surface area contributed by atoms with E-state index in [9.17, 15) is 9.90 Å². The number of rotatable bonds is 6. The summed E-state index contributed by atoms with van der Waals surface area (Å²) in [4.78, 5) is 26.1. The third-order valence-corrected chi connectivity index (χ3v) is 6.99. The number of ether oxygens (including phenoxy) is 1. The highest BCUT2D eigenvalue weighted by Gasteiger charge is 2.34. The molecule has 1 amide bonds. The molecule has 7 nitrogen and oxygen atoms in total. The van der Waals surface area contributed by atoms with E-state index in [2.05, 4.69) is 40.7 Å². The van der Waals surface area contributed by atoms with Crippen LogP contribution in [0.15, 0.2) is 36.8 Å². The third-order valence-electron chi connectivity index (χ3n) is 6.99. The maximum Gasteiger partial charge on any atom is 0.259 e. The van der Waals surface area contributed by atoms with Crippen LogP contribution in [0.4, 0.5) is 0 Å². The molecule has 0 bridgehead atoms. The lowest BCUT2D eigenvalue weighted by Gasteiger charge is -2.37. The summed E-state index contributed by atoms with van der Waals surface area (Å²) in [5.74, 6) is 7.22. The first-order chi connectivity index (χ1) is 16.9. The fraction of sp³-hybridized carbons (Fsp3) is 0.536. The average molecular weight is 477 g/mol. The highest BCUT2D eigenvalue weighted by Crippen LogP contribution is 2.28. The lowest BCUT2D eigenvalue weighted by atomic mass is 9.99. The second-order valence-corrected chi connectivity index (χ2v) is 10.0. The summed E-state index contributed by atoms with van der Waals surface area (Å²) < 4.78 is 6.40. The quantitative estimate of drug-likeness (QED) is 0.644. The summed E-state index contributed by atoms with van der Waals surface area (Å²) in [6.45, 7) is 5.78. The Hall–Kier alpha value is -2.95. The highest BCUT2D eigenvalue weighted by atomic mass is 16.5. The molecule has 1 aliphatic heterocycles. The molecule has 4 rings (SSSR count). The highest BCUT2D eigenvalue weighted by molar-refractivity contribution is 5.97. The average Bonchev–Trinajstić information content (AvgIpc) is 3.39. The van der Waals surface area contributed by atoms with Crippen molar-refractivity contribution in [3.63, 3.8) is 0 Å². The van der Waals surface area contributed by atoms with Crippen LogP contribution in [-0.2, 0) is 6.54 Å². The zero-order chi connectivity index (χ0) is 24.8. The number of hydrogen-bond acceptors (Lipinski definition) is 6. The minimum absolute atomic E-state index is 0.0459. The minimum atomic E-state index is -0.306. The molecule has 3 heterocycles. The van der Waals surface area contributed by atoms with Gasteiger partial charge in [-0.05, 0) is 50.6 Å². The number of nitrogens with zero attached hydrogens (tertiary/aromatic N) is 4. The standard InChI is InChI=1S/C28H36N4O3/c1-20-16-32(21(2)19-33)28(34)25-14-24(9-8-22-6-4-5-7-22)15-30-27(25)35-26(20)18-31(3)17-23-10-12-29-13-11-23/h10-15,20-22,26,33H,4-7,16-19H2,1-3H3/t20-,21+,26+/m0/s1. The van der Waals surface area contributed by atoms with Gasteiger partial charge in [0.15, 0.2) is 0 Å². The fourth-order valence-electron chi connectivity index (χ4n) is 4.82. The molecule has 0 aromatic carbocycles. The predicted molar refractivity (Wildman–Crippen MR) is 135 cm³/mol. The van der Waals surface area contributed by atoms with Crippen molar-refractivity contribution in [3.8, 4) is 17.7 Å². The number of aliphatic hydroxyl groups is 1. The Labute approximate surface area is 208 Å². The Morgan fingerprint density at radius 2 is 2.03 bits per heavy atom. The molecule has 0 spiro atoms. The molecule has 7 heteroatoms. The second-order valence-electron chi connectivity index (χ2n) is 10.0. The Kier molecular flexibility index (Phi) is 8.37. The fourth-order valence-corrected chi connectivity index (χ4v) is 4.82. The van der Waals surface area contributed by atoms with Gasteiger partial charge in [0.25, 0.3) is 5.91 Å². The van der Waals surface area contributed by atoms with Crippen LogP contribution in [0.2, 0.25) is 0 Å². The number of likely N-dealkylation sites (N-methyl/N-ethyl adjacent to an activating group) is 1. The third kappa shape index (κ3) is 6.39. The molecule has 1 fully saturated rings. The summed E-state index contributed by atoms with van der Waals surface area (Å²) in [6.07, 6.45) is 9.87. The van der Waals surface area contributed by atoms with Crippen molar-refractivity contribution in [1.29, 1.82) is 0 Å². The molecule has 1 aliphatic carbocycles. The van der Waals surface area contributed by atoms with Gasteiger partial charge in [-0.2, -0.15) is 0 Å². The topological polar surface area (TPSA) is 78.8 Å². The van der Waals surface area contributed by atoms with Crippen LogP contribution in [0.3, 0.4) is 0 Å². The van der Waals surface area contributed by atoms with Crippen LogP contribution >= 0.6 is 0 Å². The monoisotopic (exact) mass is 476 g/mol. The molecule has 2 aromatic heterocycles. The molecule has 1 N–H and O–H groups in total. The first-order valence-electron chi connectivity index (χ1n) is 12.6. The predicted octanol–water partition coefficient (Wildman–Crippen LogP) is 3.37. The number of carbonyl (C=O) groups is 1. The van der Waals surface area contributed by atoms with Crippen LogP contribution in [0.1, 0.15) is 61.0 Å². The minimum Gasteiger partial charge on any atom is -0.472 e. The molecule has 35 heavy (non-hydrogen) atoms. The first kappa shape index (κ1) is 25.2. The molecule has 1 saturated carbocycles. The second kappa shape index (κ2) is 11.7. The van der Waals surface area contributed by atoms with Gasteiger partial charge in [0.1, 0.15) is 11.7 Å². The molecule has 3 atom stereocenters. The molecule has 186 valence electrons. The van der Waals surface area contributed by atoms with E-state index < -0.39 is 0 Å². The van der Waals surface area contributed by atoms with E-state index in [-0.39, 0.29) is 30.6 Å². The van der Waals surface area contributed by atoms with E-state index in [1.165, 1.54) is 18.4 Å². The first-order valence-corrected chi connectivity index (χ1v) is 12.6. The zero-order valence-electron chi connectivity index (χ0n) is 21.0. The Morgan fingerprint density at radius 3 is 2.74 bits per heavy atom. The van der Waals surface area contributed by atoms with Gasteiger partial charge in [0, 0.05) is 55.6 Å². The largest absolute Gasteiger partial charge is 0.472 e. The number of aliphatic hydroxyl groups excluding tert-OH is 1. The molecule has 2 aromatic rings. The maximum atomic E-state index is 13.5. The molecular formula is C28H36N4O3. The van der Waals surface area contributed by atoms with Crippen molar-refractivity contribution in [2.75, 3.05) is 26.7 Å². The van der Waals surface area contributed by atoms with Crippen LogP contribution in [0.25, 0.3) is 0 Å². The van der Waals surface area contributed by atoms with Crippen LogP contribution in [0.5, 0.6) is 5.88 Å². The summed E-state index contributed by atoms with van der Waals surface area (Å²) in [6, 6.07) is 5.51. The summed E-state index contributed by atoms with van der Waals surface area (Å²) in [7, 11) is 2.06. The number of amides is 1. The summed E-state index contributed by atoms with van der Waals surface area (Å²) >= 11 is 0. The molecule has 0 radical (unpaired) electrons. The Bertz CT molecular complexity index is 1060. The van der Waals surface area contributed by atoms with Gasteiger partial charge in [-0.3, -0.25) is 14.7 Å². The number of hydrogen-bond donors (Lipinski definition) is 1. The van der Waals surface area contributed by atoms with E-state index in [1.54, 1.807) is 29.6 Å². The van der Waals surface area contributed by atoms with Gasteiger partial charge in [-0.25, -0.2) is 4.98 Å². The molecule has 0 saturated heterocycles. The normalized spacial score (nSPS) is 21.5. The van der Waals surface area contributed by atoms with E-state index in [1.807, 2.05) is 19.1 Å². The smallest absolute Gasteiger partial charge is 0.259 e. The van der Waals surface area contributed by atoms with E-state index in [4.69, 9.17) is 4.74 Å². The van der Waals surface area contributed by atoms with Crippen LogP contribution in [0, 0.1) is 23.7 Å². The zero-order valence-corrected chi connectivity index (χ0v) is 21.0. The lowest BCUT2D eigenvalue weighted by Crippen LogP contribution is -2.49. The van der Waals surface area contributed by atoms with Gasteiger partial charge in [-0.15, -0.1) is 0 Å². The van der Waals surface area contributed by atoms with Crippen molar-refractivity contribution in [3.05, 3.63) is 53.5 Å². The SMILES string of the molecule is C[C@H](CO)N1C[C@H](C)[C@@H](CN(C)Cc2ccncc2)Oc2ncc(C#CC3CCCC3)cc2C1=O. The summed E-state index contributed by atoms with van der Waals surface area (Å²) in [5.41, 5.74) is 2.32. The molecule has 0 unspecified atom stereocenters. The van der Waals surface area contributed by atoms with Gasteiger partial charge >= 0.3 is 0 Å². The maximum absolute atomic E-state index is 13.5. The van der Waals surface area contributed by atoms with Crippen molar-refractivity contribution in [1.82, 2.24) is 19.8 Å². The van der Waals surface area contributed by atoms with Gasteiger partial charge in [-0.1, -0.05) is 31.6 Å². The van der Waals surface area contributed by atoms with Crippen LogP contribution in [-0.4, -0.2) is 69.7 Å². The van der Waals surface area contributed by atoms with E-state index in [0.29, 0.717) is 30.5 Å². The number of fused-ring (bicyclic) bond motifs is 1. The summed E-state index contributed by atoms with van der Waals surface area (Å²) in [5, 5.41) is 9.86. The van der Waals surface area contributed by atoms with Crippen molar-refractivity contribution >= 4 is 5.91 Å². The number of carbonyl (C=O) groups excluding carboxylic acids is 1. The molecule has 2 aliphatic rings. The Morgan fingerprint density at radius 1 is 1.29 bits per heavy atom. The van der Waals surface area contributed by atoms with Gasteiger partial charge in [0.2, 0.25) is 5.88 Å². The lowest BCUT2D eigenvalue weighted by molar-refractivity contribution is 0.0325. The van der Waals surface area contributed by atoms with E-state index in [0.717, 1.165) is 24.9 Å². The molecular weight excluding hydrogens is 440 g/mol. The number of aromatic nitrogens is 2. The van der Waals surface area contributed by atoms with Crippen LogP contribution < -0.4 is 4.74 Å². The van der Waals surface area contributed by atoms with Crippen molar-refractivity contribution in [2.45, 2.75) is 58.2 Å². The Balaban J connectivity index is 1.60. The number of pyridine rings is 2. The van der Waals surface area contributed by atoms with Crippen molar-refractivity contribution in [2.24, 2.45) is 11.8 Å². The van der Waals surface area contributed by atoms with Crippen molar-refractivity contribution < 1.29 is 14.6 Å².